The fraction of sp³-hybridized carbons (Fsp3) is 0.130. The van der Waals surface area contributed by atoms with Gasteiger partial charge in [-0.2, -0.15) is 5.26 Å². The summed E-state index contributed by atoms with van der Waals surface area (Å²) in [7, 11) is 0.0792. The van der Waals surface area contributed by atoms with E-state index in [1.807, 2.05) is 0 Å². The highest BCUT2D eigenvalue weighted by molar-refractivity contribution is 7.82. The minimum absolute atomic E-state index is 0.187. The number of rotatable bonds is 8. The Morgan fingerprint density at radius 3 is 2.59 bits per heavy atom. The molecule has 0 aliphatic carbocycles. The highest BCUT2D eigenvalue weighted by Gasteiger charge is 2.17. The smallest absolute Gasteiger partial charge is 0.341 e. The molecule has 0 radical (unpaired) electrons. The first kappa shape index (κ1) is 23.4. The van der Waals surface area contributed by atoms with Crippen molar-refractivity contribution in [3.05, 3.63) is 82.6 Å². The number of halogens is 2. The normalized spacial score (nSPS) is 11.7. The molecule has 0 saturated heterocycles. The molecule has 1 unspecified atom stereocenters. The third kappa shape index (κ3) is 5.71. The number of ether oxygens (including phenoxy) is 1. The van der Waals surface area contributed by atoms with E-state index in [2.05, 4.69) is 6.07 Å². The predicted molar refractivity (Wildman–Crippen MR) is 119 cm³/mol. The molecule has 0 amide bonds. The Bertz CT molecular complexity index is 1210. The van der Waals surface area contributed by atoms with Crippen molar-refractivity contribution in [3.63, 3.8) is 0 Å². The second-order valence-corrected chi connectivity index (χ2v) is 8.80. The number of carbonyl (C=O) groups is 1. The van der Waals surface area contributed by atoms with E-state index in [1.54, 1.807) is 41.7 Å². The summed E-state index contributed by atoms with van der Waals surface area (Å²) in [6.07, 6.45) is 0. The van der Waals surface area contributed by atoms with Crippen molar-refractivity contribution >= 4 is 28.6 Å². The molecule has 32 heavy (non-hydrogen) atoms. The molecule has 0 bridgehead atoms. The molecule has 0 fully saturated rings. The lowest BCUT2D eigenvalue weighted by atomic mass is 10.00. The van der Waals surface area contributed by atoms with Crippen LogP contribution in [-0.2, 0) is 22.3 Å². The lowest BCUT2D eigenvalue weighted by Gasteiger charge is -2.19. The number of benzene rings is 3. The fourth-order valence-electron chi connectivity index (χ4n) is 2.99. The van der Waals surface area contributed by atoms with Crippen LogP contribution in [0.5, 0.6) is 5.75 Å². The zero-order valence-electron chi connectivity index (χ0n) is 16.9. The Labute approximate surface area is 192 Å². The zero-order chi connectivity index (χ0) is 23.3. The van der Waals surface area contributed by atoms with Crippen LogP contribution >= 0.6 is 11.6 Å². The molecule has 164 valence electrons. The third-order valence-corrected chi connectivity index (χ3v) is 6.22. The number of aliphatic carboxylic acids is 1. The van der Waals surface area contributed by atoms with Gasteiger partial charge in [0.2, 0.25) is 0 Å². The highest BCUT2D eigenvalue weighted by atomic mass is 35.5. The van der Waals surface area contributed by atoms with Crippen LogP contribution in [0, 0.1) is 17.1 Å². The van der Waals surface area contributed by atoms with E-state index in [9.17, 15) is 18.7 Å². The first-order valence-electron chi connectivity index (χ1n) is 9.34. The fourth-order valence-corrected chi connectivity index (χ4v) is 4.19. The zero-order valence-corrected chi connectivity index (χ0v) is 18.5. The quantitative estimate of drug-likeness (QED) is 0.516. The first-order chi connectivity index (χ1) is 15.3. The van der Waals surface area contributed by atoms with Gasteiger partial charge >= 0.3 is 5.97 Å². The minimum atomic E-state index is -1.56. The van der Waals surface area contributed by atoms with Crippen molar-refractivity contribution in [1.29, 1.82) is 5.26 Å². The van der Waals surface area contributed by atoms with Gasteiger partial charge in [-0.15, -0.1) is 0 Å². The van der Waals surface area contributed by atoms with Crippen molar-refractivity contribution in [2.75, 3.05) is 13.7 Å². The van der Waals surface area contributed by atoms with Gasteiger partial charge < -0.3 is 9.84 Å². The van der Waals surface area contributed by atoms with Gasteiger partial charge in [0, 0.05) is 24.2 Å². The van der Waals surface area contributed by atoms with Crippen LogP contribution in [0.4, 0.5) is 4.39 Å². The van der Waals surface area contributed by atoms with Crippen LogP contribution in [0.1, 0.15) is 11.1 Å². The van der Waals surface area contributed by atoms with Crippen LogP contribution in [0.2, 0.25) is 5.02 Å². The van der Waals surface area contributed by atoms with Gasteiger partial charge in [-0.3, -0.25) is 0 Å². The van der Waals surface area contributed by atoms with Crippen LogP contribution in [0.3, 0.4) is 0 Å². The second-order valence-electron chi connectivity index (χ2n) is 6.80. The maximum absolute atomic E-state index is 13.2. The van der Waals surface area contributed by atoms with E-state index in [1.165, 1.54) is 30.3 Å². The molecule has 0 spiro atoms. The van der Waals surface area contributed by atoms with Crippen molar-refractivity contribution in [2.24, 2.45) is 0 Å². The molecule has 9 heteroatoms. The van der Waals surface area contributed by atoms with Crippen LogP contribution in [-0.4, -0.2) is 33.2 Å². The van der Waals surface area contributed by atoms with Crippen molar-refractivity contribution < 1.29 is 23.2 Å². The Kier molecular flexibility index (Phi) is 7.59. The van der Waals surface area contributed by atoms with Gasteiger partial charge in [-0.05, 0) is 59.7 Å². The SMILES string of the molecule is CN(Cc1cc(-c2cccc(C#N)c2)c(OCC(=O)O)cc1Cl)S(=O)c1ccc(F)cc1. The largest absolute Gasteiger partial charge is 0.481 e. The summed E-state index contributed by atoms with van der Waals surface area (Å²) < 4.78 is 32.9. The monoisotopic (exact) mass is 472 g/mol. The van der Waals surface area contributed by atoms with E-state index >= 15 is 0 Å². The lowest BCUT2D eigenvalue weighted by Crippen LogP contribution is -2.21. The van der Waals surface area contributed by atoms with Crippen LogP contribution in [0.25, 0.3) is 11.1 Å². The lowest BCUT2D eigenvalue weighted by molar-refractivity contribution is -0.139. The molecule has 3 aromatic carbocycles. The molecule has 3 rings (SSSR count). The predicted octanol–water partition coefficient (Wildman–Crippen LogP) is 4.64. The standard InChI is InChI=1S/C23H18ClFN2O4S/c1-27(32(30)19-7-5-18(25)6-8-19)13-17-10-20(16-4-2-3-15(9-16)12-26)22(11-21(17)24)31-14-23(28)29/h2-11H,13-14H2,1H3,(H,28,29). The van der Waals surface area contributed by atoms with Crippen LogP contribution < -0.4 is 4.74 Å². The number of nitriles is 1. The van der Waals surface area contributed by atoms with E-state index in [0.717, 1.165) is 0 Å². The summed E-state index contributed by atoms with van der Waals surface area (Å²) in [5.41, 5.74) is 2.23. The maximum atomic E-state index is 13.2. The van der Waals surface area contributed by atoms with Crippen molar-refractivity contribution in [3.8, 4) is 22.9 Å². The summed E-state index contributed by atoms with van der Waals surface area (Å²) in [6.45, 7) is -0.373. The maximum Gasteiger partial charge on any atom is 0.341 e. The van der Waals surface area contributed by atoms with Gasteiger partial charge in [-0.1, -0.05) is 23.7 Å². The Morgan fingerprint density at radius 1 is 1.22 bits per heavy atom. The van der Waals surface area contributed by atoms with Crippen LogP contribution in [0.15, 0.2) is 65.6 Å². The minimum Gasteiger partial charge on any atom is -0.481 e. The summed E-state index contributed by atoms with van der Waals surface area (Å²) in [5.74, 6) is -1.31. The van der Waals surface area contributed by atoms with Gasteiger partial charge in [0.25, 0.3) is 0 Å². The number of hydrogen-bond acceptors (Lipinski definition) is 4. The van der Waals surface area contributed by atoms with Gasteiger partial charge in [0.15, 0.2) is 6.61 Å². The molecular formula is C23H18ClFN2O4S. The number of nitrogens with zero attached hydrogens (tertiary/aromatic N) is 2. The average molecular weight is 473 g/mol. The number of hydrogen-bond donors (Lipinski definition) is 1. The van der Waals surface area contributed by atoms with Gasteiger partial charge in [-0.25, -0.2) is 17.7 Å². The summed E-state index contributed by atoms with van der Waals surface area (Å²) in [5, 5.41) is 18.5. The molecule has 3 aromatic rings. The number of carboxylic acids is 1. The Morgan fingerprint density at radius 2 is 1.94 bits per heavy atom. The Hall–Kier alpha value is -3.25. The molecule has 0 aliphatic rings. The first-order valence-corrected chi connectivity index (χ1v) is 10.8. The highest BCUT2D eigenvalue weighted by Crippen LogP contribution is 2.36. The summed E-state index contributed by atoms with van der Waals surface area (Å²) >= 11 is 6.42. The second kappa shape index (κ2) is 10.4. The van der Waals surface area contributed by atoms with Gasteiger partial charge in [0.05, 0.1) is 16.5 Å². The number of carboxylic acid groups (broad SMARTS) is 1. The molecule has 0 saturated carbocycles. The topological polar surface area (TPSA) is 90.6 Å². The third-order valence-electron chi connectivity index (χ3n) is 4.49. The van der Waals surface area contributed by atoms with E-state index in [0.29, 0.717) is 32.2 Å². The van der Waals surface area contributed by atoms with E-state index in [-0.39, 0.29) is 12.3 Å². The molecule has 0 aliphatic heterocycles. The van der Waals surface area contributed by atoms with E-state index < -0.39 is 29.4 Å². The van der Waals surface area contributed by atoms with Crippen molar-refractivity contribution in [1.82, 2.24) is 4.31 Å². The van der Waals surface area contributed by atoms with Gasteiger partial charge in [0.1, 0.15) is 22.6 Å². The summed E-state index contributed by atoms with van der Waals surface area (Å²) in [6, 6.07) is 17.4. The van der Waals surface area contributed by atoms with Crippen molar-refractivity contribution in [2.45, 2.75) is 11.4 Å². The average Bonchev–Trinajstić information content (AvgIpc) is 2.79. The molecule has 1 N–H and O–H groups in total. The molecular weight excluding hydrogens is 455 g/mol. The molecule has 0 heterocycles. The molecule has 0 aromatic heterocycles. The van der Waals surface area contributed by atoms with E-state index in [4.69, 9.17) is 21.4 Å². The summed E-state index contributed by atoms with van der Waals surface area (Å²) in [4.78, 5) is 11.4. The molecule has 6 nitrogen and oxygen atoms in total. The molecule has 1 atom stereocenters. The Balaban J connectivity index is 1.97.